The van der Waals surface area contributed by atoms with Crippen LogP contribution in [0, 0.1) is 6.92 Å². The molecule has 0 radical (unpaired) electrons. The van der Waals surface area contributed by atoms with E-state index in [9.17, 15) is 9.59 Å². The molecule has 1 fully saturated rings. The van der Waals surface area contributed by atoms with Crippen LogP contribution >= 0.6 is 11.3 Å². The highest BCUT2D eigenvalue weighted by molar-refractivity contribution is 7.10. The fourth-order valence-electron chi connectivity index (χ4n) is 4.32. The van der Waals surface area contributed by atoms with Gasteiger partial charge in [0.1, 0.15) is 17.3 Å². The second kappa shape index (κ2) is 10.7. The van der Waals surface area contributed by atoms with E-state index in [0.29, 0.717) is 29.6 Å². The summed E-state index contributed by atoms with van der Waals surface area (Å²) in [5, 5.41) is 5.12. The summed E-state index contributed by atoms with van der Waals surface area (Å²) in [6.45, 7) is 4.18. The van der Waals surface area contributed by atoms with Crippen molar-refractivity contribution in [3.63, 3.8) is 0 Å². The number of furan rings is 1. The van der Waals surface area contributed by atoms with Crippen LogP contribution in [0.2, 0.25) is 0 Å². The average Bonchev–Trinajstić information content (AvgIpc) is 3.57. The predicted molar refractivity (Wildman–Crippen MR) is 130 cm³/mol. The number of nitrogens with zero attached hydrogens (tertiary/aromatic N) is 1. The van der Waals surface area contributed by atoms with Crippen molar-refractivity contribution < 1.29 is 18.7 Å². The van der Waals surface area contributed by atoms with Crippen LogP contribution in [0.3, 0.4) is 0 Å². The first kappa shape index (κ1) is 23.1. The summed E-state index contributed by atoms with van der Waals surface area (Å²) in [6.07, 6.45) is 4.29. The van der Waals surface area contributed by atoms with Crippen molar-refractivity contribution >= 4 is 28.8 Å². The highest BCUT2D eigenvalue weighted by Gasteiger charge is 2.37. The Labute approximate surface area is 198 Å². The van der Waals surface area contributed by atoms with E-state index in [-0.39, 0.29) is 24.3 Å². The van der Waals surface area contributed by atoms with Gasteiger partial charge in [0.05, 0.1) is 18.7 Å². The van der Waals surface area contributed by atoms with E-state index < -0.39 is 6.04 Å². The maximum atomic E-state index is 13.8. The number of rotatable bonds is 9. The minimum atomic E-state index is -0.937. The van der Waals surface area contributed by atoms with Crippen molar-refractivity contribution in [2.75, 3.05) is 11.5 Å². The highest BCUT2D eigenvalue weighted by Crippen LogP contribution is 2.36. The lowest BCUT2D eigenvalue weighted by molar-refractivity contribution is -0.127. The first-order valence-corrected chi connectivity index (χ1v) is 12.4. The van der Waals surface area contributed by atoms with E-state index >= 15 is 0 Å². The van der Waals surface area contributed by atoms with E-state index in [1.54, 1.807) is 11.0 Å². The van der Waals surface area contributed by atoms with Gasteiger partial charge in [0.15, 0.2) is 6.04 Å². The zero-order valence-corrected chi connectivity index (χ0v) is 19.9. The lowest BCUT2D eigenvalue weighted by Gasteiger charge is -2.32. The maximum absolute atomic E-state index is 13.8. The molecule has 2 amide bonds. The Balaban J connectivity index is 1.78. The van der Waals surface area contributed by atoms with Crippen LogP contribution in [0.4, 0.5) is 5.69 Å². The first-order valence-electron chi connectivity index (χ1n) is 11.5. The number of ether oxygens (including phenoxy) is 1. The standard InChI is InChI=1S/C26H30N2O4S/c1-3-31-22-13-7-6-12-21(22)28(24(29)17-20-11-8-16-33-20)25(23-15-14-18(2)32-23)26(30)27-19-9-4-5-10-19/h6-8,11-16,19,25H,3-5,9-10,17H2,1-2H3,(H,27,30). The molecule has 0 saturated heterocycles. The molecule has 7 heteroatoms. The smallest absolute Gasteiger partial charge is 0.251 e. The molecule has 1 aliphatic rings. The molecule has 0 bridgehead atoms. The average molecular weight is 467 g/mol. The molecule has 0 spiro atoms. The Kier molecular flexibility index (Phi) is 7.50. The van der Waals surface area contributed by atoms with Crippen LogP contribution < -0.4 is 15.0 Å². The Morgan fingerprint density at radius 3 is 2.61 bits per heavy atom. The zero-order chi connectivity index (χ0) is 23.2. The fourth-order valence-corrected chi connectivity index (χ4v) is 5.02. The van der Waals surface area contributed by atoms with Crippen LogP contribution in [-0.4, -0.2) is 24.5 Å². The van der Waals surface area contributed by atoms with E-state index in [2.05, 4.69) is 5.32 Å². The molecule has 3 aromatic rings. The number of carbonyl (C=O) groups excluding carboxylic acids is 2. The van der Waals surface area contributed by atoms with E-state index in [1.165, 1.54) is 11.3 Å². The molecule has 2 aromatic heterocycles. The van der Waals surface area contributed by atoms with Gasteiger partial charge in [-0.1, -0.05) is 31.0 Å². The summed E-state index contributed by atoms with van der Waals surface area (Å²) in [7, 11) is 0. The van der Waals surface area contributed by atoms with Gasteiger partial charge in [-0.3, -0.25) is 14.5 Å². The third-order valence-corrected chi connectivity index (χ3v) is 6.71. The molecule has 1 unspecified atom stereocenters. The van der Waals surface area contributed by atoms with Crippen molar-refractivity contribution in [2.24, 2.45) is 0 Å². The van der Waals surface area contributed by atoms with Gasteiger partial charge >= 0.3 is 0 Å². The third kappa shape index (κ3) is 5.47. The molecule has 1 aliphatic carbocycles. The summed E-state index contributed by atoms with van der Waals surface area (Å²) in [4.78, 5) is 30.0. The second-order valence-corrected chi connectivity index (χ2v) is 9.29. The quantitative estimate of drug-likeness (QED) is 0.457. The minimum Gasteiger partial charge on any atom is -0.492 e. The van der Waals surface area contributed by atoms with Gasteiger partial charge in [-0.25, -0.2) is 0 Å². The summed E-state index contributed by atoms with van der Waals surface area (Å²) in [6, 6.07) is 14.0. The number of aryl methyl sites for hydroxylation is 1. The normalized spacial score (nSPS) is 14.7. The predicted octanol–water partition coefficient (Wildman–Crippen LogP) is 5.42. The fraction of sp³-hybridized carbons (Fsp3) is 0.385. The van der Waals surface area contributed by atoms with E-state index in [0.717, 1.165) is 30.6 Å². The summed E-state index contributed by atoms with van der Waals surface area (Å²) in [5.41, 5.74) is 0.557. The number of anilines is 1. The Hall–Kier alpha value is -3.06. The van der Waals surface area contributed by atoms with Crippen molar-refractivity contribution in [3.8, 4) is 5.75 Å². The maximum Gasteiger partial charge on any atom is 0.251 e. The molecule has 174 valence electrons. The molecule has 1 N–H and O–H groups in total. The molecule has 6 nitrogen and oxygen atoms in total. The van der Waals surface area contributed by atoms with Crippen molar-refractivity contribution in [1.82, 2.24) is 5.32 Å². The van der Waals surface area contributed by atoms with Gasteiger partial charge in [-0.05, 0) is 62.4 Å². The van der Waals surface area contributed by atoms with Gasteiger partial charge in [0.2, 0.25) is 5.91 Å². The molecule has 1 saturated carbocycles. The zero-order valence-electron chi connectivity index (χ0n) is 19.1. The van der Waals surface area contributed by atoms with E-state index in [4.69, 9.17) is 9.15 Å². The summed E-state index contributed by atoms with van der Waals surface area (Å²) in [5.74, 6) is 1.26. The number of hydrogen-bond donors (Lipinski definition) is 1. The summed E-state index contributed by atoms with van der Waals surface area (Å²) < 4.78 is 11.8. The van der Waals surface area contributed by atoms with Gasteiger partial charge in [0, 0.05) is 10.9 Å². The number of hydrogen-bond acceptors (Lipinski definition) is 5. The highest BCUT2D eigenvalue weighted by atomic mass is 32.1. The van der Waals surface area contributed by atoms with Gasteiger partial charge in [0.25, 0.3) is 5.91 Å². The number of carbonyl (C=O) groups is 2. The molecule has 4 rings (SSSR count). The Bertz CT molecular complexity index is 1070. The summed E-state index contributed by atoms with van der Waals surface area (Å²) >= 11 is 1.52. The van der Waals surface area contributed by atoms with Crippen molar-refractivity contribution in [1.29, 1.82) is 0 Å². The molecule has 1 aromatic carbocycles. The Morgan fingerprint density at radius 2 is 1.94 bits per heavy atom. The second-order valence-electron chi connectivity index (χ2n) is 8.26. The van der Waals surface area contributed by atoms with Crippen LogP contribution in [-0.2, 0) is 16.0 Å². The molecular weight excluding hydrogens is 436 g/mol. The lowest BCUT2D eigenvalue weighted by atomic mass is 10.1. The molecule has 1 atom stereocenters. The SMILES string of the molecule is CCOc1ccccc1N(C(=O)Cc1cccs1)C(C(=O)NC1CCCC1)c1ccc(C)o1. The van der Waals surface area contributed by atoms with Crippen LogP contribution in [0.15, 0.2) is 58.3 Å². The number of para-hydroxylation sites is 2. The monoisotopic (exact) mass is 466 g/mol. The lowest BCUT2D eigenvalue weighted by Crippen LogP contribution is -2.46. The molecule has 2 heterocycles. The third-order valence-electron chi connectivity index (χ3n) is 5.84. The minimum absolute atomic E-state index is 0.118. The van der Waals surface area contributed by atoms with E-state index in [1.807, 2.05) is 61.7 Å². The van der Waals surface area contributed by atoms with Crippen LogP contribution in [0.5, 0.6) is 5.75 Å². The van der Waals surface area contributed by atoms with Crippen LogP contribution in [0.25, 0.3) is 0 Å². The number of benzene rings is 1. The van der Waals surface area contributed by atoms with Crippen molar-refractivity contribution in [3.05, 3.63) is 70.3 Å². The van der Waals surface area contributed by atoms with Crippen molar-refractivity contribution in [2.45, 2.75) is 58.0 Å². The first-order chi connectivity index (χ1) is 16.1. The molecule has 0 aliphatic heterocycles. The van der Waals surface area contributed by atoms with Gasteiger partial charge in [-0.2, -0.15) is 0 Å². The molecule has 33 heavy (non-hydrogen) atoms. The largest absolute Gasteiger partial charge is 0.492 e. The topological polar surface area (TPSA) is 71.8 Å². The molecular formula is C26H30N2O4S. The number of amides is 2. The number of thiophene rings is 1. The van der Waals surface area contributed by atoms with Gasteiger partial charge in [-0.15, -0.1) is 11.3 Å². The Morgan fingerprint density at radius 1 is 1.15 bits per heavy atom. The van der Waals surface area contributed by atoms with Gasteiger partial charge < -0.3 is 14.5 Å². The van der Waals surface area contributed by atoms with Crippen LogP contribution in [0.1, 0.15) is 55.0 Å². The number of nitrogens with one attached hydrogen (secondary N) is 1.